The first kappa shape index (κ1) is 13.8. The first-order chi connectivity index (χ1) is 5.74. The number of rotatable bonds is 4. The normalized spacial score (nSPS) is 13.8. The fourth-order valence-corrected chi connectivity index (χ4v) is 0.831. The van der Waals surface area contributed by atoms with Gasteiger partial charge in [-0.1, -0.05) is 34.8 Å². The summed E-state index contributed by atoms with van der Waals surface area (Å²) in [5, 5.41) is 1.75. The number of hydrogen-bond donors (Lipinski definition) is 0. The highest BCUT2D eigenvalue weighted by atomic mass is 35.6. The summed E-state index contributed by atoms with van der Waals surface area (Å²) < 4.78 is -1.42. The van der Waals surface area contributed by atoms with Crippen molar-refractivity contribution in [2.75, 3.05) is 13.1 Å². The van der Waals surface area contributed by atoms with Crippen molar-refractivity contribution >= 4 is 34.8 Å². The molecule has 0 N–H and O–H groups in total. The van der Waals surface area contributed by atoms with Crippen molar-refractivity contribution in [1.29, 1.82) is 0 Å². The van der Waals surface area contributed by atoms with Gasteiger partial charge in [-0.15, -0.1) is 4.84 Å². The molecule has 0 aromatic carbocycles. The van der Waals surface area contributed by atoms with E-state index >= 15 is 0 Å². The predicted molar refractivity (Wildman–Crippen MR) is 58.7 cm³/mol. The molecule has 0 spiro atoms. The number of nitrogens with zero attached hydrogens (tertiary/aromatic N) is 1. The van der Waals surface area contributed by atoms with Gasteiger partial charge >= 0.3 is 0 Å². The summed E-state index contributed by atoms with van der Waals surface area (Å²) in [6.45, 7) is 8.99. The van der Waals surface area contributed by atoms with Gasteiger partial charge in [-0.05, 0) is 32.8 Å². The minimum atomic E-state index is -1.42. The van der Waals surface area contributed by atoms with Gasteiger partial charge in [0.2, 0.25) is 3.79 Å². The SMILES string of the molecule is CC[N+](CC)OC(C)(C)C(Cl)(Cl)Cl. The monoisotopic (exact) mass is 247 g/mol. The molecule has 0 saturated carbocycles. The van der Waals surface area contributed by atoms with Crippen LogP contribution in [0.1, 0.15) is 27.7 Å². The molecule has 0 fully saturated rings. The fourth-order valence-electron chi connectivity index (χ4n) is 0.727. The van der Waals surface area contributed by atoms with Crippen LogP contribution in [0.2, 0.25) is 0 Å². The smallest absolute Gasteiger partial charge is 0.138 e. The lowest BCUT2D eigenvalue weighted by Gasteiger charge is -2.29. The van der Waals surface area contributed by atoms with Crippen molar-refractivity contribution in [1.82, 2.24) is 5.06 Å². The van der Waals surface area contributed by atoms with Gasteiger partial charge in [-0.25, -0.2) is 0 Å². The molecule has 0 aliphatic rings. The van der Waals surface area contributed by atoms with Crippen LogP contribution >= 0.6 is 34.8 Å². The Hall–Kier alpha value is 0.790. The summed E-state index contributed by atoms with van der Waals surface area (Å²) in [4.78, 5) is 5.54. The van der Waals surface area contributed by atoms with Crippen LogP contribution in [-0.4, -0.2) is 22.5 Å². The van der Waals surface area contributed by atoms with Crippen LogP contribution in [0, 0.1) is 0 Å². The van der Waals surface area contributed by atoms with Crippen LogP contribution in [0.3, 0.4) is 0 Å². The standard InChI is InChI=1S/C8H16Cl3NO/c1-5-12(6-2)13-7(3,4)8(9,10)11/h5-6H2,1-4H3/q+1. The van der Waals surface area contributed by atoms with Crippen LogP contribution in [0.5, 0.6) is 0 Å². The van der Waals surface area contributed by atoms with E-state index in [1.165, 1.54) is 0 Å². The molecule has 0 aromatic rings. The molecule has 1 radical (unpaired) electrons. The van der Waals surface area contributed by atoms with E-state index in [4.69, 9.17) is 39.6 Å². The lowest BCUT2D eigenvalue weighted by Crippen LogP contribution is -2.47. The Morgan fingerprint density at radius 1 is 1.08 bits per heavy atom. The maximum absolute atomic E-state index is 5.76. The third kappa shape index (κ3) is 4.22. The zero-order valence-electron chi connectivity index (χ0n) is 8.40. The van der Waals surface area contributed by atoms with Gasteiger partial charge in [0.25, 0.3) is 0 Å². The molecule has 5 heteroatoms. The predicted octanol–water partition coefficient (Wildman–Crippen LogP) is 3.25. The molecule has 79 valence electrons. The van der Waals surface area contributed by atoms with Crippen molar-refractivity contribution in [3.63, 3.8) is 0 Å². The molecule has 0 aliphatic carbocycles. The maximum Gasteiger partial charge on any atom is 0.224 e. The minimum absolute atomic E-state index is 0.765. The van der Waals surface area contributed by atoms with Gasteiger partial charge in [0, 0.05) is 0 Å². The summed E-state index contributed by atoms with van der Waals surface area (Å²) in [5.41, 5.74) is -0.816. The van der Waals surface area contributed by atoms with Crippen molar-refractivity contribution in [2.45, 2.75) is 37.1 Å². The first-order valence-corrected chi connectivity index (χ1v) is 5.38. The third-order valence-corrected chi connectivity index (χ3v) is 3.11. The van der Waals surface area contributed by atoms with Crippen molar-refractivity contribution in [3.05, 3.63) is 0 Å². The van der Waals surface area contributed by atoms with E-state index in [1.54, 1.807) is 18.9 Å². The highest BCUT2D eigenvalue weighted by Crippen LogP contribution is 2.40. The second kappa shape index (κ2) is 5.04. The Morgan fingerprint density at radius 3 is 1.69 bits per heavy atom. The number of hydroxylamine groups is 2. The number of hydrogen-bond acceptors (Lipinski definition) is 2. The molecule has 0 aromatic heterocycles. The Bertz CT molecular complexity index is 152. The van der Waals surface area contributed by atoms with E-state index in [-0.39, 0.29) is 0 Å². The lowest BCUT2D eigenvalue weighted by molar-refractivity contribution is -0.159. The molecular weight excluding hydrogens is 232 g/mol. The first-order valence-electron chi connectivity index (χ1n) is 4.25. The fraction of sp³-hybridized carbons (Fsp3) is 1.00. The summed E-state index contributed by atoms with van der Waals surface area (Å²) in [6, 6.07) is 0. The van der Waals surface area contributed by atoms with Gasteiger partial charge in [0.05, 0.1) is 0 Å². The van der Waals surface area contributed by atoms with Crippen LogP contribution in [0.4, 0.5) is 0 Å². The molecule has 0 bridgehead atoms. The van der Waals surface area contributed by atoms with E-state index in [0.717, 1.165) is 13.1 Å². The molecule has 0 rings (SSSR count). The second-order valence-electron chi connectivity index (χ2n) is 3.21. The average Bonchev–Trinajstić information content (AvgIpc) is 1.98. The Kier molecular flexibility index (Phi) is 5.34. The zero-order valence-corrected chi connectivity index (χ0v) is 10.7. The zero-order chi connectivity index (χ0) is 10.7. The molecule has 0 atom stereocenters. The van der Waals surface area contributed by atoms with E-state index in [9.17, 15) is 0 Å². The maximum atomic E-state index is 5.76. The number of halogens is 3. The summed E-state index contributed by atoms with van der Waals surface area (Å²) in [7, 11) is 0. The van der Waals surface area contributed by atoms with Gasteiger partial charge < -0.3 is 0 Å². The number of alkyl halides is 3. The van der Waals surface area contributed by atoms with Crippen molar-refractivity contribution in [3.8, 4) is 0 Å². The van der Waals surface area contributed by atoms with Crippen LogP contribution < -0.4 is 5.06 Å². The summed E-state index contributed by atoms with van der Waals surface area (Å²) in [5.74, 6) is 0. The van der Waals surface area contributed by atoms with Gasteiger partial charge in [-0.3, -0.25) is 0 Å². The summed E-state index contributed by atoms with van der Waals surface area (Å²) >= 11 is 17.3. The molecule has 2 nitrogen and oxygen atoms in total. The van der Waals surface area contributed by atoms with E-state index in [1.807, 2.05) is 13.8 Å². The van der Waals surface area contributed by atoms with Crippen molar-refractivity contribution < 1.29 is 4.84 Å². The highest BCUT2D eigenvalue weighted by Gasteiger charge is 2.46. The molecule has 13 heavy (non-hydrogen) atoms. The van der Waals surface area contributed by atoms with E-state index in [2.05, 4.69) is 0 Å². The molecule has 0 heterocycles. The molecule has 0 saturated heterocycles. The molecule has 0 amide bonds. The third-order valence-electron chi connectivity index (χ3n) is 1.75. The van der Waals surface area contributed by atoms with Gasteiger partial charge in [-0.2, -0.15) is 0 Å². The topological polar surface area (TPSA) is 15.1 Å². The molecule has 0 unspecified atom stereocenters. The minimum Gasteiger partial charge on any atom is -0.138 e. The Balaban J connectivity index is 4.31. The van der Waals surface area contributed by atoms with Crippen LogP contribution in [0.25, 0.3) is 0 Å². The lowest BCUT2D eigenvalue weighted by atomic mass is 10.2. The van der Waals surface area contributed by atoms with Gasteiger partial charge in [0.1, 0.15) is 0 Å². The van der Waals surface area contributed by atoms with Crippen LogP contribution in [0.15, 0.2) is 0 Å². The van der Waals surface area contributed by atoms with E-state index < -0.39 is 9.39 Å². The van der Waals surface area contributed by atoms with Crippen LogP contribution in [-0.2, 0) is 4.84 Å². The van der Waals surface area contributed by atoms with E-state index in [0.29, 0.717) is 0 Å². The quantitative estimate of drug-likeness (QED) is 0.423. The van der Waals surface area contributed by atoms with Gasteiger partial charge in [0.15, 0.2) is 18.7 Å². The Morgan fingerprint density at radius 2 is 1.46 bits per heavy atom. The average molecular weight is 249 g/mol. The largest absolute Gasteiger partial charge is 0.224 e. The molecule has 0 aliphatic heterocycles. The highest BCUT2D eigenvalue weighted by molar-refractivity contribution is 6.68. The second-order valence-corrected chi connectivity index (χ2v) is 5.49. The summed E-state index contributed by atoms with van der Waals surface area (Å²) in [6.07, 6.45) is 0. The Labute approximate surface area is 95.0 Å². The molecular formula is C8H16Cl3NO+. The van der Waals surface area contributed by atoms with Crippen molar-refractivity contribution in [2.24, 2.45) is 0 Å².